The number of benzene rings is 1. The summed E-state index contributed by atoms with van der Waals surface area (Å²) in [6.07, 6.45) is 5.41. The van der Waals surface area contributed by atoms with Gasteiger partial charge in [0, 0.05) is 37.1 Å². The van der Waals surface area contributed by atoms with E-state index in [0.717, 1.165) is 19.4 Å². The summed E-state index contributed by atoms with van der Waals surface area (Å²) in [5, 5.41) is 3.11. The zero-order valence-corrected chi connectivity index (χ0v) is 13.9. The van der Waals surface area contributed by atoms with Gasteiger partial charge in [0.2, 0.25) is 5.95 Å². The first-order valence-electron chi connectivity index (χ1n) is 8.52. The van der Waals surface area contributed by atoms with Gasteiger partial charge in [-0.1, -0.05) is 0 Å². The van der Waals surface area contributed by atoms with E-state index in [1.165, 1.54) is 0 Å². The van der Waals surface area contributed by atoms with Gasteiger partial charge in [-0.15, -0.1) is 0 Å². The van der Waals surface area contributed by atoms with E-state index >= 15 is 0 Å². The predicted molar refractivity (Wildman–Crippen MR) is 92.2 cm³/mol. The lowest BCUT2D eigenvalue weighted by atomic mass is 10.1. The van der Waals surface area contributed by atoms with Crippen molar-refractivity contribution in [3.63, 3.8) is 0 Å². The first kappa shape index (κ1) is 15.7. The number of rotatable bonds is 3. The Morgan fingerprint density at radius 3 is 2.80 bits per heavy atom. The predicted octanol–water partition coefficient (Wildman–Crippen LogP) is 1.65. The van der Waals surface area contributed by atoms with E-state index in [1.54, 1.807) is 36.7 Å². The van der Waals surface area contributed by atoms with Crippen molar-refractivity contribution in [3.8, 4) is 11.5 Å². The molecule has 1 saturated heterocycles. The van der Waals surface area contributed by atoms with Crippen LogP contribution in [0.1, 0.15) is 23.2 Å². The van der Waals surface area contributed by atoms with Crippen molar-refractivity contribution in [2.45, 2.75) is 18.9 Å². The van der Waals surface area contributed by atoms with Crippen molar-refractivity contribution in [3.05, 3.63) is 42.2 Å². The smallest absolute Gasteiger partial charge is 0.251 e. The maximum atomic E-state index is 12.6. The van der Waals surface area contributed by atoms with Crippen LogP contribution in [0.15, 0.2) is 36.7 Å². The maximum absolute atomic E-state index is 12.6. The Morgan fingerprint density at radius 1 is 1.16 bits per heavy atom. The number of fused-ring (bicyclic) bond motifs is 1. The van der Waals surface area contributed by atoms with Crippen LogP contribution in [0, 0.1) is 0 Å². The summed E-state index contributed by atoms with van der Waals surface area (Å²) in [4.78, 5) is 23.3. The van der Waals surface area contributed by atoms with E-state index in [-0.39, 0.29) is 11.9 Å². The number of amides is 1. The number of hydrogen-bond acceptors (Lipinski definition) is 6. The highest BCUT2D eigenvalue weighted by molar-refractivity contribution is 5.95. The molecule has 1 aromatic heterocycles. The van der Waals surface area contributed by atoms with Crippen LogP contribution in [0.25, 0.3) is 0 Å². The summed E-state index contributed by atoms with van der Waals surface area (Å²) in [5.74, 6) is 1.92. The molecule has 0 saturated carbocycles. The van der Waals surface area contributed by atoms with Gasteiger partial charge in [0.15, 0.2) is 11.5 Å². The molecular formula is C18H20N4O3. The number of aromatic nitrogens is 2. The third kappa shape index (κ3) is 3.50. The van der Waals surface area contributed by atoms with Crippen molar-refractivity contribution in [1.82, 2.24) is 15.3 Å². The van der Waals surface area contributed by atoms with Gasteiger partial charge in [0.1, 0.15) is 13.2 Å². The molecule has 0 spiro atoms. The molecule has 7 heteroatoms. The first-order chi connectivity index (χ1) is 12.3. The molecule has 0 aliphatic carbocycles. The Kier molecular flexibility index (Phi) is 4.37. The molecule has 0 unspecified atom stereocenters. The van der Waals surface area contributed by atoms with E-state index in [1.807, 2.05) is 0 Å². The Hall–Kier alpha value is -2.83. The van der Waals surface area contributed by atoms with Crippen molar-refractivity contribution < 1.29 is 14.3 Å². The van der Waals surface area contributed by atoms with E-state index in [0.29, 0.717) is 42.8 Å². The highest BCUT2D eigenvalue weighted by Crippen LogP contribution is 2.30. The fourth-order valence-corrected chi connectivity index (χ4v) is 3.18. The van der Waals surface area contributed by atoms with E-state index in [9.17, 15) is 4.79 Å². The first-order valence-corrected chi connectivity index (χ1v) is 8.52. The molecule has 0 radical (unpaired) electrons. The molecular weight excluding hydrogens is 320 g/mol. The summed E-state index contributed by atoms with van der Waals surface area (Å²) in [7, 11) is 0. The summed E-state index contributed by atoms with van der Waals surface area (Å²) < 4.78 is 11.0. The standard InChI is InChI=1S/C18H20N4O3/c23-17(13-4-5-15-16(11-13)25-10-9-24-15)21-14-3-1-8-22(12-14)18-19-6-2-7-20-18/h2,4-7,11,14H,1,3,8-10,12H2,(H,21,23)/t14-/m1/s1. The fourth-order valence-electron chi connectivity index (χ4n) is 3.18. The molecule has 1 aromatic carbocycles. The molecule has 2 aliphatic rings. The minimum absolute atomic E-state index is 0.0678. The number of hydrogen-bond donors (Lipinski definition) is 1. The van der Waals surface area contributed by atoms with Gasteiger partial charge in [-0.3, -0.25) is 4.79 Å². The molecule has 25 heavy (non-hydrogen) atoms. The minimum Gasteiger partial charge on any atom is -0.486 e. The van der Waals surface area contributed by atoms with Crippen LogP contribution in [0.5, 0.6) is 11.5 Å². The van der Waals surface area contributed by atoms with Crippen LogP contribution in [-0.4, -0.2) is 48.2 Å². The van der Waals surface area contributed by atoms with E-state index < -0.39 is 0 Å². The number of nitrogens with zero attached hydrogens (tertiary/aromatic N) is 3. The second kappa shape index (κ2) is 6.96. The van der Waals surface area contributed by atoms with E-state index in [2.05, 4.69) is 20.2 Å². The Bertz CT molecular complexity index is 753. The lowest BCUT2D eigenvalue weighted by Crippen LogP contribution is -2.48. The van der Waals surface area contributed by atoms with Crippen LogP contribution in [0.3, 0.4) is 0 Å². The van der Waals surface area contributed by atoms with Gasteiger partial charge < -0.3 is 19.7 Å². The summed E-state index contributed by atoms with van der Waals surface area (Å²) >= 11 is 0. The summed E-state index contributed by atoms with van der Waals surface area (Å²) in [6, 6.07) is 7.16. The fraction of sp³-hybridized carbons (Fsp3) is 0.389. The molecule has 7 nitrogen and oxygen atoms in total. The van der Waals surface area contributed by atoms with Crippen LogP contribution < -0.4 is 19.7 Å². The molecule has 1 atom stereocenters. The summed E-state index contributed by atoms with van der Waals surface area (Å²) in [6.45, 7) is 2.66. The number of anilines is 1. The van der Waals surface area contributed by atoms with Gasteiger partial charge >= 0.3 is 0 Å². The maximum Gasteiger partial charge on any atom is 0.251 e. The van der Waals surface area contributed by atoms with E-state index in [4.69, 9.17) is 9.47 Å². The van der Waals surface area contributed by atoms with Gasteiger partial charge in [-0.25, -0.2) is 9.97 Å². The van der Waals surface area contributed by atoms with Crippen LogP contribution in [0.2, 0.25) is 0 Å². The van der Waals surface area contributed by atoms with Crippen LogP contribution in [-0.2, 0) is 0 Å². The van der Waals surface area contributed by atoms with Gasteiger partial charge in [-0.05, 0) is 37.1 Å². The molecule has 1 fully saturated rings. The van der Waals surface area contributed by atoms with Gasteiger partial charge in [0.05, 0.1) is 0 Å². The number of nitrogens with one attached hydrogen (secondary N) is 1. The quantitative estimate of drug-likeness (QED) is 0.915. The number of carbonyl (C=O) groups excluding carboxylic acids is 1. The zero-order chi connectivity index (χ0) is 17.1. The monoisotopic (exact) mass is 340 g/mol. The van der Waals surface area contributed by atoms with Crippen LogP contribution in [0.4, 0.5) is 5.95 Å². The third-order valence-electron chi connectivity index (χ3n) is 4.40. The second-order valence-electron chi connectivity index (χ2n) is 6.17. The lowest BCUT2D eigenvalue weighted by Gasteiger charge is -2.33. The topological polar surface area (TPSA) is 76.6 Å². The number of carbonyl (C=O) groups is 1. The van der Waals surface area contributed by atoms with Crippen molar-refractivity contribution in [1.29, 1.82) is 0 Å². The molecule has 0 bridgehead atoms. The second-order valence-corrected chi connectivity index (χ2v) is 6.17. The normalized spacial score (nSPS) is 19.4. The average molecular weight is 340 g/mol. The number of piperidine rings is 1. The molecule has 3 heterocycles. The number of ether oxygens (including phenoxy) is 2. The Labute approximate surface area is 146 Å². The zero-order valence-electron chi connectivity index (χ0n) is 13.9. The Morgan fingerprint density at radius 2 is 1.96 bits per heavy atom. The average Bonchev–Trinajstić information content (AvgIpc) is 2.68. The summed E-state index contributed by atoms with van der Waals surface area (Å²) in [5.41, 5.74) is 0.581. The van der Waals surface area contributed by atoms with Gasteiger partial charge in [-0.2, -0.15) is 0 Å². The highest BCUT2D eigenvalue weighted by atomic mass is 16.6. The van der Waals surface area contributed by atoms with Crippen molar-refractivity contribution in [2.24, 2.45) is 0 Å². The molecule has 2 aromatic rings. The highest BCUT2D eigenvalue weighted by Gasteiger charge is 2.24. The third-order valence-corrected chi connectivity index (χ3v) is 4.40. The van der Waals surface area contributed by atoms with Gasteiger partial charge in [0.25, 0.3) is 5.91 Å². The Balaban J connectivity index is 1.42. The van der Waals surface area contributed by atoms with Crippen molar-refractivity contribution >= 4 is 11.9 Å². The lowest BCUT2D eigenvalue weighted by molar-refractivity contribution is 0.0932. The molecule has 4 rings (SSSR count). The molecule has 2 aliphatic heterocycles. The molecule has 1 amide bonds. The molecule has 1 N–H and O–H groups in total. The van der Waals surface area contributed by atoms with Crippen molar-refractivity contribution in [2.75, 3.05) is 31.2 Å². The van der Waals surface area contributed by atoms with Crippen LogP contribution >= 0.6 is 0 Å². The SMILES string of the molecule is O=C(N[C@@H]1CCCN(c2ncccn2)C1)c1ccc2c(c1)OCCO2. The largest absolute Gasteiger partial charge is 0.486 e. The minimum atomic E-state index is -0.0993. The molecule has 130 valence electrons.